The Bertz CT molecular complexity index is 946. The number of rotatable bonds is 5. The molecule has 27 heavy (non-hydrogen) atoms. The minimum absolute atomic E-state index is 0.0796. The number of esters is 1. The highest BCUT2D eigenvalue weighted by atomic mass is 32.1. The van der Waals surface area contributed by atoms with E-state index < -0.39 is 17.7 Å². The van der Waals surface area contributed by atoms with Crippen LogP contribution in [0.25, 0.3) is 10.7 Å². The Morgan fingerprint density at radius 1 is 1.19 bits per heavy atom. The van der Waals surface area contributed by atoms with Gasteiger partial charge >= 0.3 is 12.1 Å². The fraction of sp³-hybridized carbons (Fsp3) is 0.176. The van der Waals surface area contributed by atoms with Gasteiger partial charge in [0.05, 0.1) is 17.0 Å². The van der Waals surface area contributed by atoms with Gasteiger partial charge in [0.25, 0.3) is 5.88 Å². The van der Waals surface area contributed by atoms with Gasteiger partial charge in [-0.15, -0.1) is 21.5 Å². The summed E-state index contributed by atoms with van der Waals surface area (Å²) in [6, 6.07) is 7.74. The molecule has 0 bridgehead atoms. The van der Waals surface area contributed by atoms with E-state index in [0.717, 1.165) is 12.1 Å². The summed E-state index contributed by atoms with van der Waals surface area (Å²) in [5.74, 6) is -1.09. The molecule has 10 heteroatoms. The maximum atomic E-state index is 12.9. The van der Waals surface area contributed by atoms with Crippen LogP contribution in [-0.4, -0.2) is 27.8 Å². The average molecular weight is 395 g/mol. The highest BCUT2D eigenvalue weighted by molar-refractivity contribution is 7.13. The highest BCUT2D eigenvalue weighted by Gasteiger charge is 2.31. The molecular weight excluding hydrogens is 383 g/mol. The van der Waals surface area contributed by atoms with Crippen molar-refractivity contribution in [2.24, 2.45) is 0 Å². The zero-order valence-electron chi connectivity index (χ0n) is 13.9. The van der Waals surface area contributed by atoms with Gasteiger partial charge in [-0.1, -0.05) is 12.1 Å². The number of benzene rings is 1. The molecule has 0 spiro atoms. The first kappa shape index (κ1) is 18.8. The highest BCUT2D eigenvalue weighted by Crippen LogP contribution is 2.33. The van der Waals surface area contributed by atoms with Gasteiger partial charge in [-0.3, -0.25) is 0 Å². The normalized spacial score (nSPS) is 11.3. The molecule has 0 amide bonds. The van der Waals surface area contributed by atoms with Gasteiger partial charge in [0.2, 0.25) is 5.69 Å². The third-order valence-corrected chi connectivity index (χ3v) is 4.11. The van der Waals surface area contributed by atoms with Crippen LogP contribution < -0.4 is 4.74 Å². The van der Waals surface area contributed by atoms with E-state index >= 15 is 0 Å². The van der Waals surface area contributed by atoms with Crippen LogP contribution in [0.3, 0.4) is 0 Å². The van der Waals surface area contributed by atoms with Crippen LogP contribution in [0.1, 0.15) is 23.0 Å². The number of hydrogen-bond donors (Lipinski definition) is 0. The number of nitrogens with zero attached hydrogens (tertiary/aromatic N) is 3. The van der Waals surface area contributed by atoms with Crippen LogP contribution in [0.4, 0.5) is 13.2 Å². The maximum Gasteiger partial charge on any atom is 0.416 e. The van der Waals surface area contributed by atoms with Gasteiger partial charge in [-0.05, 0) is 36.6 Å². The molecule has 140 valence electrons. The van der Waals surface area contributed by atoms with Crippen LogP contribution in [0.15, 0.2) is 41.8 Å². The van der Waals surface area contributed by atoms with Crippen molar-refractivity contribution in [3.63, 3.8) is 0 Å². The number of ether oxygens (including phenoxy) is 2. The topological polar surface area (TPSA) is 74.2 Å². The predicted molar refractivity (Wildman–Crippen MR) is 90.6 cm³/mol. The quantitative estimate of drug-likeness (QED) is 0.589. The van der Waals surface area contributed by atoms with Crippen LogP contribution in [-0.2, 0) is 10.9 Å². The van der Waals surface area contributed by atoms with Crippen molar-refractivity contribution in [1.82, 2.24) is 15.2 Å². The molecule has 0 saturated heterocycles. The Hall–Kier alpha value is -3.01. The molecule has 3 aromatic rings. The predicted octanol–water partition coefficient (Wildman–Crippen LogP) is 4.59. The van der Waals surface area contributed by atoms with Gasteiger partial charge in [0, 0.05) is 0 Å². The number of thiophene rings is 1. The fourth-order valence-electron chi connectivity index (χ4n) is 2.07. The summed E-state index contributed by atoms with van der Waals surface area (Å²) in [6.45, 7) is 1.68. The van der Waals surface area contributed by atoms with Crippen molar-refractivity contribution < 1.29 is 27.4 Å². The molecule has 1 aromatic carbocycles. The second-order valence-corrected chi connectivity index (χ2v) is 6.06. The summed E-state index contributed by atoms with van der Waals surface area (Å²) in [7, 11) is 0. The van der Waals surface area contributed by atoms with Crippen LogP contribution in [0.5, 0.6) is 11.6 Å². The Labute approximate surface area is 155 Å². The largest absolute Gasteiger partial charge is 0.461 e. The number of carbonyl (C=O) groups excluding carboxylic acids is 1. The van der Waals surface area contributed by atoms with Crippen molar-refractivity contribution in [2.75, 3.05) is 6.61 Å². The number of hydrogen-bond acceptors (Lipinski definition) is 7. The Balaban J connectivity index is 2.01. The molecule has 0 unspecified atom stereocenters. The van der Waals surface area contributed by atoms with E-state index in [1.807, 2.05) is 0 Å². The second kappa shape index (κ2) is 7.70. The van der Waals surface area contributed by atoms with Gasteiger partial charge in [0.15, 0.2) is 5.82 Å². The lowest BCUT2D eigenvalue weighted by Gasteiger charge is -2.11. The number of aromatic nitrogens is 3. The Morgan fingerprint density at radius 3 is 2.67 bits per heavy atom. The van der Waals surface area contributed by atoms with Crippen molar-refractivity contribution in [1.29, 1.82) is 0 Å². The van der Waals surface area contributed by atoms with E-state index in [4.69, 9.17) is 9.47 Å². The Morgan fingerprint density at radius 2 is 2.00 bits per heavy atom. The fourth-order valence-corrected chi connectivity index (χ4v) is 2.72. The molecule has 0 N–H and O–H groups in total. The number of alkyl halides is 3. The molecule has 2 heterocycles. The molecule has 0 fully saturated rings. The SMILES string of the molecule is CCOC(=O)c1nnc(-c2cccs2)nc1Oc1cccc(C(F)(F)F)c1. The second-order valence-electron chi connectivity index (χ2n) is 5.11. The molecule has 0 aliphatic rings. The van der Waals surface area contributed by atoms with Gasteiger partial charge < -0.3 is 9.47 Å². The summed E-state index contributed by atoms with van der Waals surface area (Å²) < 4.78 is 49.0. The first-order valence-corrected chi connectivity index (χ1v) is 8.57. The molecular formula is C17H12F3N3O3S. The van der Waals surface area contributed by atoms with Crippen molar-refractivity contribution >= 4 is 17.3 Å². The molecule has 0 aliphatic heterocycles. The molecule has 0 saturated carbocycles. The van der Waals surface area contributed by atoms with E-state index in [-0.39, 0.29) is 29.8 Å². The van der Waals surface area contributed by atoms with Crippen molar-refractivity contribution in [3.8, 4) is 22.3 Å². The lowest BCUT2D eigenvalue weighted by molar-refractivity contribution is -0.137. The van der Waals surface area contributed by atoms with E-state index in [2.05, 4.69) is 15.2 Å². The van der Waals surface area contributed by atoms with Crippen LogP contribution in [0, 0.1) is 0 Å². The standard InChI is InChI=1S/C17H12F3N3O3S/c1-2-25-16(24)13-15(21-14(23-22-13)12-7-4-8-27-12)26-11-6-3-5-10(9-11)17(18,19)20/h3-9H,2H2,1H3. The maximum absolute atomic E-state index is 12.9. The summed E-state index contributed by atoms with van der Waals surface area (Å²) in [5, 5.41) is 9.46. The molecule has 0 radical (unpaired) electrons. The van der Waals surface area contributed by atoms with Gasteiger partial charge in [0.1, 0.15) is 5.75 Å². The van der Waals surface area contributed by atoms with Crippen molar-refractivity contribution in [2.45, 2.75) is 13.1 Å². The van der Waals surface area contributed by atoms with Gasteiger partial charge in [-0.2, -0.15) is 18.2 Å². The summed E-state index contributed by atoms with van der Waals surface area (Å²) in [4.78, 5) is 16.9. The lowest BCUT2D eigenvalue weighted by atomic mass is 10.2. The monoisotopic (exact) mass is 395 g/mol. The van der Waals surface area contributed by atoms with E-state index in [0.29, 0.717) is 4.88 Å². The summed E-state index contributed by atoms with van der Waals surface area (Å²) >= 11 is 1.34. The number of carbonyl (C=O) groups is 1. The molecule has 3 rings (SSSR count). The van der Waals surface area contributed by atoms with Crippen LogP contribution in [0.2, 0.25) is 0 Å². The molecule has 0 atom stereocenters. The van der Waals surface area contributed by atoms with E-state index in [1.165, 1.54) is 23.5 Å². The molecule has 0 aliphatic carbocycles. The lowest BCUT2D eigenvalue weighted by Crippen LogP contribution is -2.12. The third-order valence-electron chi connectivity index (χ3n) is 3.24. The summed E-state index contributed by atoms with van der Waals surface area (Å²) in [6.07, 6.45) is -4.53. The van der Waals surface area contributed by atoms with E-state index in [9.17, 15) is 18.0 Å². The zero-order chi connectivity index (χ0) is 19.4. The smallest absolute Gasteiger partial charge is 0.416 e. The third kappa shape index (κ3) is 4.40. The summed E-state index contributed by atoms with van der Waals surface area (Å²) in [5.41, 5.74) is -1.22. The molecule has 2 aromatic heterocycles. The minimum atomic E-state index is -4.53. The van der Waals surface area contributed by atoms with E-state index in [1.54, 1.807) is 24.4 Å². The van der Waals surface area contributed by atoms with Crippen LogP contribution >= 0.6 is 11.3 Å². The number of halogens is 3. The van der Waals surface area contributed by atoms with Crippen molar-refractivity contribution in [3.05, 3.63) is 53.0 Å². The first-order chi connectivity index (χ1) is 12.9. The zero-order valence-corrected chi connectivity index (χ0v) is 14.7. The van der Waals surface area contributed by atoms with Gasteiger partial charge in [-0.25, -0.2) is 4.79 Å². The molecule has 6 nitrogen and oxygen atoms in total. The Kier molecular flexibility index (Phi) is 5.36. The first-order valence-electron chi connectivity index (χ1n) is 7.69. The minimum Gasteiger partial charge on any atom is -0.461 e. The average Bonchev–Trinajstić information content (AvgIpc) is 3.16.